The third-order valence-electron chi connectivity index (χ3n) is 4.39. The van der Waals surface area contributed by atoms with E-state index in [1.165, 1.54) is 11.3 Å². The normalized spacial score (nSPS) is 16.2. The molecule has 3 heterocycles. The van der Waals surface area contributed by atoms with Crippen LogP contribution in [0.3, 0.4) is 0 Å². The lowest BCUT2D eigenvalue weighted by atomic mass is 10.1. The Labute approximate surface area is 163 Å². The van der Waals surface area contributed by atoms with E-state index in [2.05, 4.69) is 20.6 Å². The first-order chi connectivity index (χ1) is 13.0. The zero-order valence-electron chi connectivity index (χ0n) is 15.7. The minimum atomic E-state index is -0.150. The molecule has 2 aromatic rings. The number of amides is 2. The van der Waals surface area contributed by atoms with Crippen molar-refractivity contribution >= 4 is 29.0 Å². The lowest BCUT2D eigenvalue weighted by Gasteiger charge is -2.22. The Bertz CT molecular complexity index is 820. The number of anilines is 1. The summed E-state index contributed by atoms with van der Waals surface area (Å²) in [7, 11) is 0. The van der Waals surface area contributed by atoms with Crippen molar-refractivity contribution in [2.24, 2.45) is 0 Å². The molecule has 2 N–H and O–H groups in total. The largest absolute Gasteiger partial charge is 0.368 e. The first-order valence-corrected chi connectivity index (χ1v) is 10.0. The molecule has 0 unspecified atom stereocenters. The molecule has 0 aromatic carbocycles. The van der Waals surface area contributed by atoms with Crippen molar-refractivity contribution in [1.82, 2.24) is 20.2 Å². The molecule has 0 radical (unpaired) electrons. The van der Waals surface area contributed by atoms with Crippen molar-refractivity contribution in [2.75, 3.05) is 31.5 Å². The molecule has 0 saturated carbocycles. The van der Waals surface area contributed by atoms with Crippen LogP contribution in [0, 0.1) is 13.8 Å². The van der Waals surface area contributed by atoms with Gasteiger partial charge in [-0.2, -0.15) is 0 Å². The average molecular weight is 388 g/mol. The zero-order chi connectivity index (χ0) is 19.2. The molecule has 3 rings (SSSR count). The molecule has 1 aliphatic rings. The molecule has 0 saturated heterocycles. The summed E-state index contributed by atoms with van der Waals surface area (Å²) in [6.07, 6.45) is 2.57. The maximum atomic E-state index is 13.0. The van der Waals surface area contributed by atoms with Gasteiger partial charge in [-0.1, -0.05) is 6.07 Å². The van der Waals surface area contributed by atoms with Gasteiger partial charge < -0.3 is 15.5 Å². The SMILES string of the molecule is Cc1nc(C)c(C(=O)N2CCCCc3cccc(n3)NCCNC(=O)C2)s1. The summed E-state index contributed by atoms with van der Waals surface area (Å²) in [6.45, 7) is 5.40. The van der Waals surface area contributed by atoms with E-state index in [0.29, 0.717) is 24.5 Å². The molecule has 1 aliphatic heterocycles. The molecule has 0 aliphatic carbocycles. The Morgan fingerprint density at radius 3 is 2.74 bits per heavy atom. The monoisotopic (exact) mass is 387 g/mol. The Balaban J connectivity index is 1.73. The summed E-state index contributed by atoms with van der Waals surface area (Å²) < 4.78 is 0. The van der Waals surface area contributed by atoms with Gasteiger partial charge in [-0.05, 0) is 45.2 Å². The first kappa shape index (κ1) is 19.3. The second-order valence-corrected chi connectivity index (χ2v) is 7.83. The minimum absolute atomic E-state index is 0.0682. The number of rotatable bonds is 1. The fraction of sp³-hybridized carbons (Fsp3) is 0.474. The van der Waals surface area contributed by atoms with Crippen molar-refractivity contribution in [2.45, 2.75) is 33.1 Å². The van der Waals surface area contributed by atoms with Crippen LogP contribution in [0.1, 0.15) is 38.9 Å². The summed E-state index contributed by atoms with van der Waals surface area (Å²) in [5.41, 5.74) is 1.76. The number of carbonyl (C=O) groups excluding carboxylic acids is 2. The van der Waals surface area contributed by atoms with Crippen molar-refractivity contribution in [3.8, 4) is 0 Å². The topological polar surface area (TPSA) is 87.2 Å². The molecule has 8 heteroatoms. The van der Waals surface area contributed by atoms with Gasteiger partial charge in [0, 0.05) is 25.3 Å². The fourth-order valence-corrected chi connectivity index (χ4v) is 3.96. The van der Waals surface area contributed by atoms with E-state index < -0.39 is 0 Å². The van der Waals surface area contributed by atoms with Gasteiger partial charge in [-0.25, -0.2) is 9.97 Å². The van der Waals surface area contributed by atoms with E-state index in [-0.39, 0.29) is 18.4 Å². The molecule has 0 fully saturated rings. The number of thiazole rings is 1. The minimum Gasteiger partial charge on any atom is -0.368 e. The zero-order valence-corrected chi connectivity index (χ0v) is 16.6. The predicted octanol–water partition coefficient (Wildman–Crippen LogP) is 2.16. The van der Waals surface area contributed by atoms with E-state index in [1.54, 1.807) is 4.90 Å². The van der Waals surface area contributed by atoms with Crippen LogP contribution in [0.25, 0.3) is 0 Å². The molecule has 2 amide bonds. The molecular weight excluding hydrogens is 362 g/mol. The highest BCUT2D eigenvalue weighted by Gasteiger charge is 2.22. The Kier molecular flexibility index (Phi) is 6.39. The highest BCUT2D eigenvalue weighted by atomic mass is 32.1. The second kappa shape index (κ2) is 8.94. The van der Waals surface area contributed by atoms with Crippen LogP contribution in [0.5, 0.6) is 0 Å². The van der Waals surface area contributed by atoms with Gasteiger partial charge in [0.2, 0.25) is 5.91 Å². The van der Waals surface area contributed by atoms with Gasteiger partial charge in [0.15, 0.2) is 0 Å². The maximum absolute atomic E-state index is 13.0. The van der Waals surface area contributed by atoms with Crippen LogP contribution in [0.4, 0.5) is 5.82 Å². The number of hydrogen-bond donors (Lipinski definition) is 2. The number of fused-ring (bicyclic) bond motifs is 2. The number of carbonyl (C=O) groups is 2. The van der Waals surface area contributed by atoms with Gasteiger partial charge in [0.1, 0.15) is 10.7 Å². The molecule has 0 spiro atoms. The van der Waals surface area contributed by atoms with Crippen molar-refractivity contribution in [1.29, 1.82) is 0 Å². The van der Waals surface area contributed by atoms with Gasteiger partial charge in [0.25, 0.3) is 5.91 Å². The Morgan fingerprint density at radius 1 is 1.15 bits per heavy atom. The number of aromatic nitrogens is 2. The van der Waals surface area contributed by atoms with Gasteiger partial charge in [-0.15, -0.1) is 11.3 Å². The molecule has 7 nitrogen and oxygen atoms in total. The number of pyridine rings is 1. The number of nitrogens with zero attached hydrogens (tertiary/aromatic N) is 3. The second-order valence-electron chi connectivity index (χ2n) is 6.62. The molecule has 2 aromatic heterocycles. The van der Waals surface area contributed by atoms with Gasteiger partial charge in [-0.3, -0.25) is 9.59 Å². The lowest BCUT2D eigenvalue weighted by Crippen LogP contribution is -2.42. The lowest BCUT2D eigenvalue weighted by molar-refractivity contribution is -0.121. The highest BCUT2D eigenvalue weighted by molar-refractivity contribution is 7.13. The Morgan fingerprint density at radius 2 is 1.96 bits per heavy atom. The van der Waals surface area contributed by atoms with Crippen LogP contribution >= 0.6 is 11.3 Å². The number of nitrogens with one attached hydrogen (secondary N) is 2. The van der Waals surface area contributed by atoms with Crippen molar-refractivity contribution in [3.63, 3.8) is 0 Å². The van der Waals surface area contributed by atoms with Crippen LogP contribution in [0.15, 0.2) is 18.2 Å². The third-order valence-corrected chi connectivity index (χ3v) is 5.45. The summed E-state index contributed by atoms with van der Waals surface area (Å²) in [4.78, 5) is 36.4. The summed E-state index contributed by atoms with van der Waals surface area (Å²) in [6, 6.07) is 5.93. The molecule has 144 valence electrons. The van der Waals surface area contributed by atoms with Gasteiger partial charge >= 0.3 is 0 Å². The molecule has 27 heavy (non-hydrogen) atoms. The average Bonchev–Trinajstić information content (AvgIpc) is 2.98. The van der Waals surface area contributed by atoms with E-state index in [0.717, 1.165) is 41.5 Å². The van der Waals surface area contributed by atoms with Gasteiger partial charge in [0.05, 0.1) is 17.2 Å². The molecular formula is C19H25N5O2S. The summed E-state index contributed by atoms with van der Waals surface area (Å²) in [5, 5.41) is 6.94. The quantitative estimate of drug-likeness (QED) is 0.783. The van der Waals surface area contributed by atoms with Crippen LogP contribution < -0.4 is 10.6 Å². The van der Waals surface area contributed by atoms with E-state index in [9.17, 15) is 9.59 Å². The summed E-state index contributed by atoms with van der Waals surface area (Å²) in [5.74, 6) is 0.563. The maximum Gasteiger partial charge on any atom is 0.266 e. The van der Waals surface area contributed by atoms with Crippen LogP contribution in [-0.2, 0) is 11.2 Å². The standard InChI is InChI=1S/C19H25N5O2S/c1-13-18(27-14(2)22-13)19(26)24-11-4-3-6-15-7-5-8-16(23-15)20-9-10-21-17(25)12-24/h5,7-8H,3-4,6,9-12H2,1-2H3,(H,20,23)(H,21,25). The van der Waals surface area contributed by atoms with E-state index >= 15 is 0 Å². The third kappa shape index (κ3) is 5.26. The van der Waals surface area contributed by atoms with Crippen molar-refractivity contribution < 1.29 is 9.59 Å². The van der Waals surface area contributed by atoms with E-state index in [4.69, 9.17) is 0 Å². The fourth-order valence-electron chi connectivity index (χ4n) is 3.07. The highest BCUT2D eigenvalue weighted by Crippen LogP contribution is 2.20. The summed E-state index contributed by atoms with van der Waals surface area (Å²) >= 11 is 1.39. The number of hydrogen-bond acceptors (Lipinski definition) is 6. The Hall–Kier alpha value is -2.48. The molecule has 2 bridgehead atoms. The molecule has 0 atom stereocenters. The predicted molar refractivity (Wildman–Crippen MR) is 106 cm³/mol. The first-order valence-electron chi connectivity index (χ1n) is 9.23. The number of aryl methyl sites for hydroxylation is 3. The van der Waals surface area contributed by atoms with Crippen molar-refractivity contribution in [3.05, 3.63) is 39.5 Å². The van der Waals surface area contributed by atoms with Crippen LogP contribution in [0.2, 0.25) is 0 Å². The smallest absolute Gasteiger partial charge is 0.266 e. The van der Waals surface area contributed by atoms with E-state index in [1.807, 2.05) is 32.0 Å². The van der Waals surface area contributed by atoms with Crippen LogP contribution in [-0.4, -0.2) is 52.9 Å².